The van der Waals surface area contributed by atoms with Gasteiger partial charge in [0, 0.05) is 13.6 Å². The number of likely N-dealkylation sites (N-methyl/N-ethyl adjacent to an activating group) is 1. The lowest BCUT2D eigenvalue weighted by Crippen LogP contribution is -2.40. The van der Waals surface area contributed by atoms with Crippen molar-refractivity contribution in [2.75, 3.05) is 20.1 Å². The van der Waals surface area contributed by atoms with E-state index >= 15 is 0 Å². The van der Waals surface area contributed by atoms with Crippen molar-refractivity contribution < 1.29 is 13.2 Å². The summed E-state index contributed by atoms with van der Waals surface area (Å²) in [7, 11) is -2.27. The van der Waals surface area contributed by atoms with Gasteiger partial charge in [0.25, 0.3) is 10.0 Å². The van der Waals surface area contributed by atoms with Gasteiger partial charge < -0.3 is 5.32 Å². The van der Waals surface area contributed by atoms with Crippen LogP contribution >= 0.6 is 22.9 Å². The van der Waals surface area contributed by atoms with Crippen LogP contribution in [0.3, 0.4) is 0 Å². The SMILES string of the molecule is CCCN(CC(=O)NC)S(=O)(=O)c1sc(Cl)nc1C. The molecule has 0 saturated carbocycles. The highest BCUT2D eigenvalue weighted by Crippen LogP contribution is 2.29. The summed E-state index contributed by atoms with van der Waals surface area (Å²) < 4.78 is 26.3. The number of carbonyl (C=O) groups excluding carboxylic acids is 1. The first-order valence-electron chi connectivity index (χ1n) is 5.66. The Morgan fingerprint density at radius 1 is 1.53 bits per heavy atom. The lowest BCUT2D eigenvalue weighted by molar-refractivity contribution is -0.120. The van der Waals surface area contributed by atoms with Crippen LogP contribution < -0.4 is 5.32 Å². The minimum atomic E-state index is -3.73. The molecule has 0 atom stereocenters. The first-order chi connectivity index (χ1) is 8.82. The number of amides is 1. The van der Waals surface area contributed by atoms with E-state index in [1.165, 1.54) is 7.05 Å². The van der Waals surface area contributed by atoms with Crippen LogP contribution in [0.5, 0.6) is 0 Å². The Morgan fingerprint density at radius 3 is 2.58 bits per heavy atom. The summed E-state index contributed by atoms with van der Waals surface area (Å²) in [6, 6.07) is 0. The van der Waals surface area contributed by atoms with E-state index in [9.17, 15) is 13.2 Å². The molecular formula is C10H16ClN3O3S2. The Balaban J connectivity index is 3.12. The number of aromatic nitrogens is 1. The molecule has 0 bridgehead atoms. The molecule has 1 heterocycles. The van der Waals surface area contributed by atoms with Gasteiger partial charge in [-0.15, -0.1) is 0 Å². The van der Waals surface area contributed by atoms with Crippen LogP contribution in [-0.4, -0.2) is 43.8 Å². The van der Waals surface area contributed by atoms with Gasteiger partial charge in [0.2, 0.25) is 5.91 Å². The Morgan fingerprint density at radius 2 is 2.16 bits per heavy atom. The number of thiazole rings is 1. The zero-order valence-corrected chi connectivity index (χ0v) is 13.3. The molecule has 1 rings (SSSR count). The molecule has 9 heteroatoms. The standard InChI is InChI=1S/C10H16ClN3O3S2/c1-4-5-14(6-8(15)12-3)19(16,17)9-7(2)13-10(11)18-9/h4-6H2,1-3H3,(H,12,15). The van der Waals surface area contributed by atoms with E-state index in [-0.39, 0.29) is 27.7 Å². The van der Waals surface area contributed by atoms with Crippen molar-refractivity contribution in [3.8, 4) is 0 Å². The fourth-order valence-corrected chi connectivity index (χ4v) is 4.84. The molecule has 6 nitrogen and oxygen atoms in total. The number of rotatable bonds is 6. The van der Waals surface area contributed by atoms with Gasteiger partial charge in [-0.1, -0.05) is 29.9 Å². The van der Waals surface area contributed by atoms with Crippen LogP contribution in [0.25, 0.3) is 0 Å². The molecule has 0 unspecified atom stereocenters. The van der Waals surface area contributed by atoms with Crippen LogP contribution in [0.15, 0.2) is 4.21 Å². The third-order valence-electron chi connectivity index (χ3n) is 2.37. The van der Waals surface area contributed by atoms with Crippen LogP contribution in [0.1, 0.15) is 19.0 Å². The third kappa shape index (κ3) is 3.88. The summed E-state index contributed by atoms with van der Waals surface area (Å²) in [5.74, 6) is -0.356. The number of aryl methyl sites for hydroxylation is 1. The van der Waals surface area contributed by atoms with E-state index in [1.807, 2.05) is 6.92 Å². The summed E-state index contributed by atoms with van der Waals surface area (Å²) in [6.07, 6.45) is 0.613. The van der Waals surface area contributed by atoms with Crippen molar-refractivity contribution in [3.63, 3.8) is 0 Å². The van der Waals surface area contributed by atoms with Crippen molar-refractivity contribution >= 4 is 38.9 Å². The van der Waals surface area contributed by atoms with Gasteiger partial charge >= 0.3 is 0 Å². The van der Waals surface area contributed by atoms with Crippen molar-refractivity contribution in [1.82, 2.24) is 14.6 Å². The molecule has 1 aromatic heterocycles. The maximum Gasteiger partial charge on any atom is 0.254 e. The lowest BCUT2D eigenvalue weighted by Gasteiger charge is -2.19. The smallest absolute Gasteiger partial charge is 0.254 e. The van der Waals surface area contributed by atoms with Gasteiger partial charge in [-0.2, -0.15) is 4.31 Å². The number of sulfonamides is 1. The normalized spacial score (nSPS) is 11.8. The third-order valence-corrected chi connectivity index (χ3v) is 6.07. The topological polar surface area (TPSA) is 79.4 Å². The molecule has 0 fully saturated rings. The minimum absolute atomic E-state index is 0.0925. The van der Waals surface area contributed by atoms with E-state index in [0.717, 1.165) is 15.6 Å². The summed E-state index contributed by atoms with van der Waals surface area (Å²) in [4.78, 5) is 15.3. The van der Waals surface area contributed by atoms with E-state index in [0.29, 0.717) is 12.1 Å². The zero-order chi connectivity index (χ0) is 14.6. The molecular weight excluding hydrogens is 310 g/mol. The summed E-state index contributed by atoms with van der Waals surface area (Å²) in [5.41, 5.74) is 0.355. The molecule has 1 N–H and O–H groups in total. The lowest BCUT2D eigenvalue weighted by atomic mass is 10.4. The first-order valence-corrected chi connectivity index (χ1v) is 8.30. The van der Waals surface area contributed by atoms with E-state index in [4.69, 9.17) is 11.6 Å². The Kier molecular flexibility index (Phi) is 5.72. The summed E-state index contributed by atoms with van der Waals surface area (Å²) in [5, 5.41) is 2.41. The van der Waals surface area contributed by atoms with Crippen LogP contribution in [-0.2, 0) is 14.8 Å². The number of nitrogens with zero attached hydrogens (tertiary/aromatic N) is 2. The van der Waals surface area contributed by atoms with Gasteiger partial charge in [-0.05, 0) is 13.3 Å². The van der Waals surface area contributed by atoms with Crippen molar-refractivity contribution in [3.05, 3.63) is 10.2 Å². The number of carbonyl (C=O) groups is 1. The predicted octanol–water partition coefficient (Wildman–Crippen LogP) is 1.25. The fourth-order valence-electron chi connectivity index (χ4n) is 1.48. The van der Waals surface area contributed by atoms with Crippen molar-refractivity contribution in [2.24, 2.45) is 0 Å². The average molecular weight is 326 g/mol. The largest absolute Gasteiger partial charge is 0.358 e. The minimum Gasteiger partial charge on any atom is -0.358 e. The second kappa shape index (κ2) is 6.65. The molecule has 0 aliphatic carbocycles. The molecule has 0 aliphatic rings. The van der Waals surface area contributed by atoms with E-state index < -0.39 is 10.0 Å². The molecule has 0 spiro atoms. The van der Waals surface area contributed by atoms with Gasteiger partial charge in [0.05, 0.1) is 12.2 Å². The Labute approximate surface area is 121 Å². The monoisotopic (exact) mass is 325 g/mol. The molecule has 108 valence electrons. The van der Waals surface area contributed by atoms with Gasteiger partial charge in [0.1, 0.15) is 0 Å². The molecule has 19 heavy (non-hydrogen) atoms. The van der Waals surface area contributed by atoms with Crippen LogP contribution in [0, 0.1) is 6.92 Å². The Hall–Kier alpha value is -0.700. The highest BCUT2D eigenvalue weighted by atomic mass is 35.5. The van der Waals surface area contributed by atoms with Crippen molar-refractivity contribution in [2.45, 2.75) is 24.5 Å². The summed E-state index contributed by atoms with van der Waals surface area (Å²) in [6.45, 7) is 3.49. The van der Waals surface area contributed by atoms with E-state index in [1.54, 1.807) is 6.92 Å². The molecule has 1 aromatic rings. The molecule has 0 saturated heterocycles. The van der Waals surface area contributed by atoms with Gasteiger partial charge in [-0.25, -0.2) is 13.4 Å². The second-order valence-electron chi connectivity index (χ2n) is 3.85. The van der Waals surface area contributed by atoms with Crippen LogP contribution in [0.2, 0.25) is 4.47 Å². The second-order valence-corrected chi connectivity index (χ2v) is 7.57. The summed E-state index contributed by atoms with van der Waals surface area (Å²) >= 11 is 6.63. The van der Waals surface area contributed by atoms with Crippen LogP contribution in [0.4, 0.5) is 0 Å². The first kappa shape index (κ1) is 16.4. The highest BCUT2D eigenvalue weighted by Gasteiger charge is 2.29. The quantitative estimate of drug-likeness (QED) is 0.853. The maximum absolute atomic E-state index is 12.5. The maximum atomic E-state index is 12.5. The molecule has 1 amide bonds. The average Bonchev–Trinajstić information content (AvgIpc) is 2.68. The number of halogens is 1. The number of hydrogen-bond acceptors (Lipinski definition) is 5. The van der Waals surface area contributed by atoms with E-state index in [2.05, 4.69) is 10.3 Å². The molecule has 0 aromatic carbocycles. The highest BCUT2D eigenvalue weighted by molar-refractivity contribution is 7.91. The number of nitrogens with one attached hydrogen (secondary N) is 1. The van der Waals surface area contributed by atoms with Gasteiger partial charge in [-0.3, -0.25) is 4.79 Å². The number of hydrogen-bond donors (Lipinski definition) is 1. The van der Waals surface area contributed by atoms with Gasteiger partial charge in [0.15, 0.2) is 8.68 Å². The van der Waals surface area contributed by atoms with Crippen molar-refractivity contribution in [1.29, 1.82) is 0 Å². The Bertz CT molecular complexity index is 556. The molecule has 0 radical (unpaired) electrons. The zero-order valence-electron chi connectivity index (χ0n) is 10.9. The molecule has 0 aliphatic heterocycles. The predicted molar refractivity (Wildman–Crippen MR) is 75.0 cm³/mol. The fraction of sp³-hybridized carbons (Fsp3) is 0.600.